The van der Waals surface area contributed by atoms with Crippen LogP contribution in [-0.4, -0.2) is 31.1 Å². The summed E-state index contributed by atoms with van der Waals surface area (Å²) in [6.07, 6.45) is 1.51. The summed E-state index contributed by atoms with van der Waals surface area (Å²) in [4.78, 5) is 4.60. The van der Waals surface area contributed by atoms with Crippen LogP contribution in [0.25, 0.3) is 22.1 Å². The monoisotopic (exact) mass is 424 g/mol. The summed E-state index contributed by atoms with van der Waals surface area (Å²) in [5.74, 6) is 0.445. The Labute approximate surface area is 163 Å². The van der Waals surface area contributed by atoms with Gasteiger partial charge in [-0.2, -0.15) is 10.1 Å². The van der Waals surface area contributed by atoms with E-state index in [1.54, 1.807) is 18.2 Å². The lowest BCUT2D eigenvalue weighted by atomic mass is 10.2. The van der Waals surface area contributed by atoms with Crippen LogP contribution in [0.3, 0.4) is 0 Å². The third kappa shape index (κ3) is 3.23. The van der Waals surface area contributed by atoms with Gasteiger partial charge in [-0.3, -0.25) is 0 Å². The Hall–Kier alpha value is -3.00. The van der Waals surface area contributed by atoms with Gasteiger partial charge in [0.1, 0.15) is 11.3 Å². The second-order valence-electron chi connectivity index (χ2n) is 6.36. The molecule has 0 fully saturated rings. The van der Waals surface area contributed by atoms with Gasteiger partial charge in [0.25, 0.3) is 5.95 Å². The standard InChI is InChI=1S/C19H17BrN6O/c1-11(2)26-15-8-7-13(20)9-14(15)17-18(26)22-19(25-23-17)24-21-10-12-5-3-4-6-16(12)27/h3-11,27H,1-2H3,(H,22,24,25)/b21-10+. The number of aromatic nitrogens is 4. The number of hydrogen-bond donors (Lipinski definition) is 2. The first-order chi connectivity index (χ1) is 13.0. The van der Waals surface area contributed by atoms with Crippen molar-refractivity contribution in [2.45, 2.75) is 19.9 Å². The zero-order valence-electron chi connectivity index (χ0n) is 14.8. The van der Waals surface area contributed by atoms with Crippen LogP contribution in [0.4, 0.5) is 5.95 Å². The highest BCUT2D eigenvalue weighted by Gasteiger charge is 2.16. The average molecular weight is 425 g/mol. The number of nitrogens with zero attached hydrogens (tertiary/aromatic N) is 5. The molecule has 0 saturated carbocycles. The molecule has 0 aliphatic rings. The maximum Gasteiger partial charge on any atom is 0.265 e. The van der Waals surface area contributed by atoms with Crippen molar-refractivity contribution in [1.29, 1.82) is 0 Å². The average Bonchev–Trinajstić information content (AvgIpc) is 2.96. The molecule has 8 heteroatoms. The van der Waals surface area contributed by atoms with Crippen LogP contribution in [0.2, 0.25) is 0 Å². The molecule has 2 aromatic heterocycles. The van der Waals surface area contributed by atoms with E-state index < -0.39 is 0 Å². The number of nitrogens with one attached hydrogen (secondary N) is 1. The van der Waals surface area contributed by atoms with Gasteiger partial charge in [0.05, 0.1) is 11.7 Å². The van der Waals surface area contributed by atoms with Gasteiger partial charge in [-0.1, -0.05) is 28.1 Å². The Kier molecular flexibility index (Phi) is 4.49. The summed E-state index contributed by atoms with van der Waals surface area (Å²) in [6, 6.07) is 13.2. The zero-order chi connectivity index (χ0) is 19.0. The van der Waals surface area contributed by atoms with Crippen LogP contribution in [0.5, 0.6) is 5.75 Å². The van der Waals surface area contributed by atoms with E-state index in [4.69, 9.17) is 0 Å². The normalized spacial score (nSPS) is 11.9. The smallest absolute Gasteiger partial charge is 0.265 e. The number of hydrogen-bond acceptors (Lipinski definition) is 6. The topological polar surface area (TPSA) is 88.2 Å². The minimum atomic E-state index is 0.156. The maximum absolute atomic E-state index is 9.78. The Morgan fingerprint density at radius 2 is 2.00 bits per heavy atom. The first-order valence-corrected chi connectivity index (χ1v) is 9.25. The molecule has 2 aromatic carbocycles. The van der Waals surface area contributed by atoms with E-state index in [0.29, 0.717) is 5.56 Å². The van der Waals surface area contributed by atoms with Crippen LogP contribution in [0.1, 0.15) is 25.5 Å². The van der Waals surface area contributed by atoms with Gasteiger partial charge in [0.15, 0.2) is 5.65 Å². The Morgan fingerprint density at radius 3 is 2.78 bits per heavy atom. The summed E-state index contributed by atoms with van der Waals surface area (Å²) >= 11 is 3.51. The van der Waals surface area contributed by atoms with Crippen molar-refractivity contribution in [1.82, 2.24) is 19.7 Å². The lowest BCUT2D eigenvalue weighted by Gasteiger charge is -2.10. The van der Waals surface area contributed by atoms with Crippen molar-refractivity contribution >= 4 is 50.2 Å². The van der Waals surface area contributed by atoms with Crippen LogP contribution < -0.4 is 5.43 Å². The second kappa shape index (κ2) is 6.96. The summed E-state index contributed by atoms with van der Waals surface area (Å²) in [5, 5.41) is 23.4. The molecule has 7 nitrogen and oxygen atoms in total. The van der Waals surface area contributed by atoms with Crippen LogP contribution in [0.15, 0.2) is 52.0 Å². The molecule has 0 radical (unpaired) electrons. The van der Waals surface area contributed by atoms with E-state index in [0.717, 1.165) is 26.5 Å². The number of phenolic OH excluding ortho intramolecular Hbond substituents is 1. The maximum atomic E-state index is 9.78. The Bertz CT molecular complexity index is 1170. The molecular weight excluding hydrogens is 408 g/mol. The summed E-state index contributed by atoms with van der Waals surface area (Å²) in [7, 11) is 0. The van der Waals surface area contributed by atoms with Crippen molar-refractivity contribution in [3.8, 4) is 5.75 Å². The first kappa shape index (κ1) is 17.4. The van der Waals surface area contributed by atoms with Crippen molar-refractivity contribution in [3.05, 3.63) is 52.5 Å². The second-order valence-corrected chi connectivity index (χ2v) is 7.28. The van der Waals surface area contributed by atoms with Crippen molar-refractivity contribution in [3.63, 3.8) is 0 Å². The molecule has 0 atom stereocenters. The number of benzene rings is 2. The number of anilines is 1. The van der Waals surface area contributed by atoms with Gasteiger partial charge in [0, 0.05) is 21.5 Å². The van der Waals surface area contributed by atoms with Crippen LogP contribution in [0, 0.1) is 0 Å². The van der Waals surface area contributed by atoms with E-state index in [1.165, 1.54) is 6.21 Å². The molecule has 136 valence electrons. The number of hydrazone groups is 1. The van der Waals surface area contributed by atoms with E-state index in [9.17, 15) is 5.11 Å². The fourth-order valence-electron chi connectivity index (χ4n) is 3.01. The molecule has 0 spiro atoms. The van der Waals surface area contributed by atoms with Gasteiger partial charge in [-0.15, -0.1) is 10.2 Å². The number of aromatic hydroxyl groups is 1. The molecule has 0 aliphatic carbocycles. The molecule has 0 aliphatic heterocycles. The fraction of sp³-hybridized carbons (Fsp3) is 0.158. The van der Waals surface area contributed by atoms with Crippen molar-refractivity contribution in [2.75, 3.05) is 5.43 Å². The molecule has 0 unspecified atom stereocenters. The summed E-state index contributed by atoms with van der Waals surface area (Å²) in [6.45, 7) is 4.21. The minimum absolute atomic E-state index is 0.156. The summed E-state index contributed by atoms with van der Waals surface area (Å²) < 4.78 is 3.11. The fourth-order valence-corrected chi connectivity index (χ4v) is 3.37. The molecule has 0 saturated heterocycles. The number of fused-ring (bicyclic) bond motifs is 3. The lowest BCUT2D eigenvalue weighted by molar-refractivity contribution is 0.474. The lowest BCUT2D eigenvalue weighted by Crippen LogP contribution is -2.04. The van der Waals surface area contributed by atoms with E-state index in [2.05, 4.69) is 60.1 Å². The minimum Gasteiger partial charge on any atom is -0.507 e. The molecule has 4 rings (SSSR count). The summed E-state index contributed by atoms with van der Waals surface area (Å²) in [5.41, 5.74) is 5.93. The predicted molar refractivity (Wildman–Crippen MR) is 110 cm³/mol. The number of rotatable bonds is 4. The highest BCUT2D eigenvalue weighted by molar-refractivity contribution is 9.10. The van der Waals surface area contributed by atoms with Crippen LogP contribution in [-0.2, 0) is 0 Å². The Morgan fingerprint density at radius 1 is 1.19 bits per heavy atom. The molecule has 2 heterocycles. The molecule has 27 heavy (non-hydrogen) atoms. The van der Waals surface area contributed by atoms with Crippen molar-refractivity contribution in [2.24, 2.45) is 5.10 Å². The van der Waals surface area contributed by atoms with Crippen molar-refractivity contribution < 1.29 is 5.11 Å². The van der Waals surface area contributed by atoms with Gasteiger partial charge < -0.3 is 9.67 Å². The third-order valence-corrected chi connectivity index (χ3v) is 4.68. The highest BCUT2D eigenvalue weighted by Crippen LogP contribution is 2.31. The van der Waals surface area contributed by atoms with Gasteiger partial charge in [0.2, 0.25) is 0 Å². The first-order valence-electron chi connectivity index (χ1n) is 8.45. The molecule has 0 amide bonds. The third-order valence-electron chi connectivity index (χ3n) is 4.19. The number of para-hydroxylation sites is 1. The molecular formula is C19H17BrN6O. The quantitative estimate of drug-likeness (QED) is 0.372. The predicted octanol–water partition coefficient (Wildman–Crippen LogP) is 4.47. The highest BCUT2D eigenvalue weighted by atomic mass is 79.9. The Balaban J connectivity index is 1.74. The number of halogens is 1. The van der Waals surface area contributed by atoms with Gasteiger partial charge in [-0.25, -0.2) is 5.43 Å². The molecule has 2 N–H and O–H groups in total. The van der Waals surface area contributed by atoms with Gasteiger partial charge >= 0.3 is 0 Å². The SMILES string of the molecule is CC(C)n1c2ccc(Br)cc2c2nnc(N/N=C/c3ccccc3O)nc21. The molecule has 0 bridgehead atoms. The van der Waals surface area contributed by atoms with E-state index >= 15 is 0 Å². The van der Waals surface area contributed by atoms with Crippen LogP contribution >= 0.6 is 15.9 Å². The number of phenols is 1. The van der Waals surface area contributed by atoms with Gasteiger partial charge in [-0.05, 0) is 44.2 Å². The largest absolute Gasteiger partial charge is 0.507 e. The van der Waals surface area contributed by atoms with E-state index in [-0.39, 0.29) is 17.7 Å². The van der Waals surface area contributed by atoms with E-state index in [1.807, 2.05) is 24.3 Å². The molecule has 4 aromatic rings. The zero-order valence-corrected chi connectivity index (χ0v) is 16.3.